The largest absolute Gasteiger partial charge is 2.00 e. The van der Waals surface area contributed by atoms with E-state index in [0.717, 1.165) is 0 Å². The van der Waals surface area contributed by atoms with E-state index < -0.39 is 0 Å². The van der Waals surface area contributed by atoms with Crippen LogP contribution >= 0.6 is 0 Å². The Labute approximate surface area is 142 Å². The molecule has 2 aromatic rings. The van der Waals surface area contributed by atoms with Gasteiger partial charge < -0.3 is 24.8 Å². The molecule has 0 amide bonds. The first-order valence-electron chi connectivity index (χ1n) is 4.73. The maximum atomic E-state index is 9.88. The molecule has 0 aromatic heterocycles. The van der Waals surface area contributed by atoms with Crippen LogP contribution in [0.3, 0.4) is 0 Å². The minimum absolute atomic E-state index is 0. The third kappa shape index (κ3) is 10.7. The standard InChI is InChI=1S/2C7H5O.2ClH.Sn/c2*8-6-7-4-2-1-3-5-7;;;/h2*1-5H;2*1H;/q;;;;+2/p-2. The molecule has 0 spiro atoms. The predicted molar refractivity (Wildman–Crippen MR) is 68.2 cm³/mol. The molecule has 0 saturated carbocycles. The van der Waals surface area contributed by atoms with Gasteiger partial charge in [-0.15, -0.1) is 0 Å². The van der Waals surface area contributed by atoms with Crippen molar-refractivity contribution < 1.29 is 34.4 Å². The van der Waals surface area contributed by atoms with E-state index >= 15 is 0 Å². The topological polar surface area (TPSA) is 34.1 Å². The van der Waals surface area contributed by atoms with Crippen LogP contribution in [-0.4, -0.2) is 36.5 Å². The van der Waals surface area contributed by atoms with Gasteiger partial charge in [-0.3, -0.25) is 9.59 Å². The van der Waals surface area contributed by atoms with Gasteiger partial charge in [0.2, 0.25) is 12.6 Å². The summed E-state index contributed by atoms with van der Waals surface area (Å²) >= 11 is 0. The van der Waals surface area contributed by atoms with Crippen molar-refractivity contribution in [1.82, 2.24) is 0 Å². The summed E-state index contributed by atoms with van der Waals surface area (Å²) in [6, 6.07) is 17.8. The van der Waals surface area contributed by atoms with E-state index in [0.29, 0.717) is 11.1 Å². The normalized spacial score (nSPS) is 7.16. The summed E-state index contributed by atoms with van der Waals surface area (Å²) in [5.41, 5.74) is 1.21. The molecule has 0 aliphatic heterocycles. The van der Waals surface area contributed by atoms with Crippen LogP contribution in [0.2, 0.25) is 0 Å². The van der Waals surface area contributed by atoms with Crippen molar-refractivity contribution in [3.63, 3.8) is 0 Å². The van der Waals surface area contributed by atoms with E-state index in [9.17, 15) is 9.59 Å². The minimum Gasteiger partial charge on any atom is -1.00 e. The van der Waals surface area contributed by atoms with Crippen LogP contribution in [0.5, 0.6) is 0 Å². The maximum absolute atomic E-state index is 9.88. The second-order valence-electron chi connectivity index (χ2n) is 2.94. The fourth-order valence-electron chi connectivity index (χ4n) is 1.01. The monoisotopic (exact) mass is 400 g/mol. The number of hydrogen-bond acceptors (Lipinski definition) is 2. The van der Waals surface area contributed by atoms with Gasteiger partial charge in [-0.05, 0) is 0 Å². The molecule has 0 unspecified atom stereocenters. The van der Waals surface area contributed by atoms with Crippen molar-refractivity contribution in [1.29, 1.82) is 0 Å². The van der Waals surface area contributed by atoms with Crippen molar-refractivity contribution in [2.45, 2.75) is 0 Å². The molecule has 0 heterocycles. The zero-order chi connectivity index (χ0) is 11.6. The molecule has 0 bridgehead atoms. The molecule has 0 saturated heterocycles. The zero-order valence-corrected chi connectivity index (χ0v) is 14.2. The molecular formula is C14H10Cl2O2Sn. The van der Waals surface area contributed by atoms with Crippen LogP contribution in [0.25, 0.3) is 0 Å². The van der Waals surface area contributed by atoms with E-state index in [2.05, 4.69) is 0 Å². The first-order valence-corrected chi connectivity index (χ1v) is 4.73. The SMILES string of the molecule is O=[C]c1ccccc1.O=[C]c1ccccc1.[Cl-].[Cl-].[Sn+2]. The maximum Gasteiger partial charge on any atom is 2.00 e. The average Bonchev–Trinajstić information content (AvgIpc) is 2.41. The van der Waals surface area contributed by atoms with Crippen LogP contribution in [-0.2, 0) is 9.59 Å². The number of hydrogen-bond donors (Lipinski definition) is 0. The number of benzene rings is 2. The molecule has 4 radical (unpaired) electrons. The van der Waals surface area contributed by atoms with Gasteiger partial charge in [-0.25, -0.2) is 0 Å². The molecule has 2 rings (SSSR count). The first kappa shape index (κ1) is 23.3. The Morgan fingerprint density at radius 3 is 1.00 bits per heavy atom. The number of carbonyl (C=O) groups excluding carboxylic acids is 2. The molecule has 0 aliphatic carbocycles. The van der Waals surface area contributed by atoms with Crippen molar-refractivity contribution in [2.24, 2.45) is 0 Å². The second-order valence-corrected chi connectivity index (χ2v) is 2.94. The molecule has 2 aromatic carbocycles. The van der Waals surface area contributed by atoms with Crippen LogP contribution < -0.4 is 24.8 Å². The number of halogens is 2. The summed E-state index contributed by atoms with van der Waals surface area (Å²) in [5.74, 6) is 0. The molecular weight excluding hydrogens is 390 g/mol. The van der Waals surface area contributed by atoms with E-state index in [-0.39, 0.29) is 48.7 Å². The van der Waals surface area contributed by atoms with Crippen LogP contribution in [0.15, 0.2) is 60.7 Å². The fraction of sp³-hybridized carbons (Fsp3) is 0. The second kappa shape index (κ2) is 15.2. The fourth-order valence-corrected chi connectivity index (χ4v) is 1.01. The summed E-state index contributed by atoms with van der Waals surface area (Å²) in [5, 5.41) is 0. The van der Waals surface area contributed by atoms with Crippen LogP contribution in [0.1, 0.15) is 11.1 Å². The first-order chi connectivity index (χ1) is 7.86. The Kier molecular flexibility index (Phi) is 18.6. The molecule has 0 fully saturated rings. The molecule has 5 heteroatoms. The van der Waals surface area contributed by atoms with Gasteiger partial charge in [0, 0.05) is 11.1 Å². The van der Waals surface area contributed by atoms with Crippen LogP contribution in [0, 0.1) is 0 Å². The van der Waals surface area contributed by atoms with Gasteiger partial charge in [-0.1, -0.05) is 60.7 Å². The third-order valence-electron chi connectivity index (χ3n) is 1.78. The van der Waals surface area contributed by atoms with Gasteiger partial charge >= 0.3 is 23.9 Å². The van der Waals surface area contributed by atoms with Crippen molar-refractivity contribution in [3.05, 3.63) is 71.8 Å². The molecule has 0 atom stereocenters. The van der Waals surface area contributed by atoms with E-state index in [1.807, 2.05) is 12.1 Å². The van der Waals surface area contributed by atoms with Gasteiger partial charge in [0.1, 0.15) is 0 Å². The van der Waals surface area contributed by atoms with Gasteiger partial charge in [0.15, 0.2) is 0 Å². The molecule has 0 N–H and O–H groups in total. The Morgan fingerprint density at radius 2 is 0.842 bits per heavy atom. The quantitative estimate of drug-likeness (QED) is 0.481. The smallest absolute Gasteiger partial charge is 1.00 e. The van der Waals surface area contributed by atoms with Crippen LogP contribution in [0.4, 0.5) is 0 Å². The Hall–Kier alpha value is -0.841. The summed E-state index contributed by atoms with van der Waals surface area (Å²) in [7, 11) is 0. The van der Waals surface area contributed by atoms with Crippen molar-refractivity contribution in [3.8, 4) is 0 Å². The molecule has 0 aliphatic rings. The average molecular weight is 400 g/mol. The zero-order valence-electron chi connectivity index (χ0n) is 9.85. The van der Waals surface area contributed by atoms with Crippen molar-refractivity contribution in [2.75, 3.05) is 0 Å². The third-order valence-corrected chi connectivity index (χ3v) is 1.78. The predicted octanol–water partition coefficient (Wildman–Crippen LogP) is -4.08. The van der Waals surface area contributed by atoms with Gasteiger partial charge in [0.05, 0.1) is 0 Å². The summed E-state index contributed by atoms with van der Waals surface area (Å²) in [4.78, 5) is 19.8. The van der Waals surface area contributed by atoms with E-state index in [4.69, 9.17) is 0 Å². The van der Waals surface area contributed by atoms with E-state index in [1.165, 1.54) is 0 Å². The Bertz CT molecular complexity index is 392. The molecule has 19 heavy (non-hydrogen) atoms. The van der Waals surface area contributed by atoms with Crippen molar-refractivity contribution >= 4 is 36.5 Å². The van der Waals surface area contributed by atoms with Gasteiger partial charge in [-0.2, -0.15) is 0 Å². The minimum atomic E-state index is 0. The summed E-state index contributed by atoms with van der Waals surface area (Å²) < 4.78 is 0. The molecule has 96 valence electrons. The summed E-state index contributed by atoms with van der Waals surface area (Å²) in [6.07, 6.45) is 3.55. The van der Waals surface area contributed by atoms with Gasteiger partial charge in [0.25, 0.3) is 0 Å². The van der Waals surface area contributed by atoms with E-state index in [1.54, 1.807) is 61.1 Å². The Morgan fingerprint density at radius 1 is 0.579 bits per heavy atom. The molecule has 2 nitrogen and oxygen atoms in total. The summed E-state index contributed by atoms with van der Waals surface area (Å²) in [6.45, 7) is 0. The Balaban J connectivity index is -0.000000233. The number of rotatable bonds is 2.